The molecule has 6 heteroatoms. The zero-order valence-electron chi connectivity index (χ0n) is 14.3. The summed E-state index contributed by atoms with van der Waals surface area (Å²) in [5, 5.41) is 6.94. The Hall–Kier alpha value is -2.18. The van der Waals surface area contributed by atoms with Crippen LogP contribution in [0.25, 0.3) is 0 Å². The van der Waals surface area contributed by atoms with Crippen LogP contribution in [0.1, 0.15) is 17.2 Å². The number of halogens is 2. The van der Waals surface area contributed by atoms with Gasteiger partial charge in [-0.25, -0.2) is 4.39 Å². The van der Waals surface area contributed by atoms with E-state index in [4.69, 9.17) is 0 Å². The molecule has 4 nitrogen and oxygen atoms in total. The Morgan fingerprint density at radius 3 is 2.38 bits per heavy atom. The Balaban J connectivity index is 1.55. The van der Waals surface area contributed by atoms with Crippen LogP contribution >= 0.6 is 15.9 Å². The van der Waals surface area contributed by atoms with E-state index in [-0.39, 0.29) is 11.9 Å². The van der Waals surface area contributed by atoms with Gasteiger partial charge >= 0.3 is 0 Å². The minimum atomic E-state index is -0.172. The van der Waals surface area contributed by atoms with Gasteiger partial charge < -0.3 is 4.90 Å². The average molecular weight is 415 g/mol. The third kappa shape index (κ3) is 3.52. The van der Waals surface area contributed by atoms with Gasteiger partial charge in [0.25, 0.3) is 0 Å². The summed E-state index contributed by atoms with van der Waals surface area (Å²) in [6, 6.07) is 15.3. The summed E-state index contributed by atoms with van der Waals surface area (Å²) in [6.07, 6.45) is 3.65. The Bertz CT molecular complexity index is 843. The molecule has 2 aromatic carbocycles. The van der Waals surface area contributed by atoms with E-state index in [1.54, 1.807) is 12.3 Å². The molecule has 26 heavy (non-hydrogen) atoms. The lowest BCUT2D eigenvalue weighted by Crippen LogP contribution is -2.48. The molecule has 1 saturated heterocycles. The van der Waals surface area contributed by atoms with Crippen LogP contribution in [-0.4, -0.2) is 41.3 Å². The van der Waals surface area contributed by atoms with E-state index in [0.29, 0.717) is 5.56 Å². The summed E-state index contributed by atoms with van der Waals surface area (Å²) in [4.78, 5) is 4.70. The maximum absolute atomic E-state index is 14.5. The van der Waals surface area contributed by atoms with Gasteiger partial charge in [-0.2, -0.15) is 5.10 Å². The van der Waals surface area contributed by atoms with E-state index >= 15 is 0 Å². The molecule has 1 unspecified atom stereocenters. The molecule has 134 valence electrons. The van der Waals surface area contributed by atoms with Crippen LogP contribution in [0.2, 0.25) is 0 Å². The summed E-state index contributed by atoms with van der Waals surface area (Å²) in [5.74, 6) is -0.172. The van der Waals surface area contributed by atoms with Gasteiger partial charge in [0.2, 0.25) is 0 Å². The maximum atomic E-state index is 14.5. The fraction of sp³-hybridized carbons (Fsp3) is 0.250. The number of aromatic amines is 1. The second-order valence-electron chi connectivity index (χ2n) is 6.46. The molecule has 0 amide bonds. The van der Waals surface area contributed by atoms with Crippen LogP contribution in [0, 0.1) is 5.82 Å². The SMILES string of the molecule is Fc1ccccc1C(c1cn[nH]c1)N1CCN(c2ccc(Br)cc2)CC1. The largest absolute Gasteiger partial charge is 0.369 e. The van der Waals surface area contributed by atoms with Crippen molar-refractivity contribution >= 4 is 21.6 Å². The smallest absolute Gasteiger partial charge is 0.128 e. The number of H-pyrrole nitrogens is 1. The normalized spacial score (nSPS) is 16.6. The van der Waals surface area contributed by atoms with Crippen molar-refractivity contribution in [3.63, 3.8) is 0 Å². The van der Waals surface area contributed by atoms with Crippen molar-refractivity contribution in [1.29, 1.82) is 0 Å². The zero-order valence-corrected chi connectivity index (χ0v) is 15.9. The van der Waals surface area contributed by atoms with Crippen LogP contribution < -0.4 is 4.90 Å². The van der Waals surface area contributed by atoms with Gasteiger partial charge in [0, 0.05) is 53.7 Å². The summed E-state index contributed by atoms with van der Waals surface area (Å²) in [7, 11) is 0. The van der Waals surface area contributed by atoms with Crippen LogP contribution in [0.4, 0.5) is 10.1 Å². The highest BCUT2D eigenvalue weighted by molar-refractivity contribution is 9.10. The Labute approximate surface area is 160 Å². The molecule has 1 atom stereocenters. The van der Waals surface area contributed by atoms with Crippen LogP contribution in [-0.2, 0) is 0 Å². The topological polar surface area (TPSA) is 35.2 Å². The highest BCUT2D eigenvalue weighted by Crippen LogP contribution is 2.31. The lowest BCUT2D eigenvalue weighted by Gasteiger charge is -2.40. The van der Waals surface area contributed by atoms with Crippen molar-refractivity contribution < 1.29 is 4.39 Å². The van der Waals surface area contributed by atoms with Crippen molar-refractivity contribution in [2.45, 2.75) is 6.04 Å². The predicted molar refractivity (Wildman–Crippen MR) is 105 cm³/mol. The fourth-order valence-electron chi connectivity index (χ4n) is 3.58. The molecule has 0 radical (unpaired) electrons. The van der Waals surface area contributed by atoms with Gasteiger partial charge in [0.1, 0.15) is 5.82 Å². The van der Waals surface area contributed by atoms with Crippen LogP contribution in [0.3, 0.4) is 0 Å². The Kier molecular flexibility index (Phi) is 5.04. The van der Waals surface area contributed by atoms with Crippen LogP contribution in [0.15, 0.2) is 65.4 Å². The van der Waals surface area contributed by atoms with E-state index in [2.05, 4.69) is 60.2 Å². The molecular formula is C20H20BrFN4. The molecule has 0 spiro atoms. The minimum Gasteiger partial charge on any atom is -0.369 e. The average Bonchev–Trinajstić information content (AvgIpc) is 3.19. The summed E-state index contributed by atoms with van der Waals surface area (Å²) in [6.45, 7) is 3.54. The lowest BCUT2D eigenvalue weighted by atomic mass is 9.98. The van der Waals surface area contributed by atoms with E-state index < -0.39 is 0 Å². The second kappa shape index (κ2) is 7.60. The third-order valence-electron chi connectivity index (χ3n) is 4.91. The molecule has 3 aromatic rings. The molecule has 4 rings (SSSR count). The number of nitrogens with zero attached hydrogens (tertiary/aromatic N) is 3. The van der Waals surface area contributed by atoms with E-state index in [9.17, 15) is 4.39 Å². The Morgan fingerprint density at radius 1 is 1.00 bits per heavy atom. The summed E-state index contributed by atoms with van der Waals surface area (Å²) < 4.78 is 15.6. The van der Waals surface area contributed by atoms with Crippen molar-refractivity contribution in [3.05, 3.63) is 82.3 Å². The van der Waals surface area contributed by atoms with Crippen molar-refractivity contribution in [3.8, 4) is 0 Å². The van der Waals surface area contributed by atoms with E-state index in [1.807, 2.05) is 18.3 Å². The zero-order chi connectivity index (χ0) is 17.9. The molecule has 0 saturated carbocycles. The number of aromatic nitrogens is 2. The predicted octanol–water partition coefficient (Wildman–Crippen LogP) is 4.22. The molecule has 1 aliphatic rings. The van der Waals surface area contributed by atoms with Gasteiger partial charge in [0.05, 0.1) is 12.2 Å². The molecule has 1 N–H and O–H groups in total. The summed E-state index contributed by atoms with van der Waals surface area (Å²) >= 11 is 3.48. The maximum Gasteiger partial charge on any atom is 0.128 e. The minimum absolute atomic E-state index is 0.123. The molecule has 1 aliphatic heterocycles. The first kappa shape index (κ1) is 17.2. The highest BCUT2D eigenvalue weighted by atomic mass is 79.9. The van der Waals surface area contributed by atoms with Crippen molar-refractivity contribution in [1.82, 2.24) is 15.1 Å². The number of hydrogen-bond donors (Lipinski definition) is 1. The number of anilines is 1. The monoisotopic (exact) mass is 414 g/mol. The fourth-order valence-corrected chi connectivity index (χ4v) is 3.85. The van der Waals surface area contributed by atoms with Crippen molar-refractivity contribution in [2.24, 2.45) is 0 Å². The first-order valence-electron chi connectivity index (χ1n) is 8.70. The molecular weight excluding hydrogens is 395 g/mol. The van der Waals surface area contributed by atoms with Crippen LogP contribution in [0.5, 0.6) is 0 Å². The van der Waals surface area contributed by atoms with Gasteiger partial charge in [-0.1, -0.05) is 34.1 Å². The van der Waals surface area contributed by atoms with E-state index in [0.717, 1.165) is 36.2 Å². The molecule has 1 aromatic heterocycles. The number of hydrogen-bond acceptors (Lipinski definition) is 3. The first-order chi connectivity index (χ1) is 12.7. The Morgan fingerprint density at radius 2 is 1.73 bits per heavy atom. The first-order valence-corrected chi connectivity index (χ1v) is 9.49. The number of benzene rings is 2. The number of rotatable bonds is 4. The molecule has 0 aliphatic carbocycles. The number of nitrogens with one attached hydrogen (secondary N) is 1. The lowest BCUT2D eigenvalue weighted by molar-refractivity contribution is 0.209. The quantitative estimate of drug-likeness (QED) is 0.693. The molecule has 0 bridgehead atoms. The third-order valence-corrected chi connectivity index (χ3v) is 5.43. The highest BCUT2D eigenvalue weighted by Gasteiger charge is 2.28. The van der Waals surface area contributed by atoms with Gasteiger partial charge in [-0.15, -0.1) is 0 Å². The van der Waals surface area contributed by atoms with Gasteiger partial charge in [0.15, 0.2) is 0 Å². The molecule has 1 fully saturated rings. The number of piperazine rings is 1. The summed E-state index contributed by atoms with van der Waals surface area (Å²) in [5.41, 5.74) is 2.91. The van der Waals surface area contributed by atoms with Crippen molar-refractivity contribution in [2.75, 3.05) is 31.1 Å². The second-order valence-corrected chi connectivity index (χ2v) is 7.37. The standard InChI is InChI=1S/C20H20BrFN4/c21-16-5-7-17(8-6-16)25-9-11-26(12-10-25)20(15-13-23-24-14-15)18-3-1-2-4-19(18)22/h1-8,13-14,20H,9-12H2,(H,23,24). The molecule has 2 heterocycles. The van der Waals surface area contributed by atoms with Gasteiger partial charge in [-0.05, 0) is 30.3 Å². The van der Waals surface area contributed by atoms with E-state index in [1.165, 1.54) is 11.8 Å². The van der Waals surface area contributed by atoms with Gasteiger partial charge in [-0.3, -0.25) is 10.00 Å².